The van der Waals surface area contributed by atoms with Crippen LogP contribution in [-0.4, -0.2) is 13.0 Å². The van der Waals surface area contributed by atoms with Gasteiger partial charge in [-0.1, -0.05) is 28.9 Å². The lowest BCUT2D eigenvalue weighted by atomic mass is 10.1. The summed E-state index contributed by atoms with van der Waals surface area (Å²) in [4.78, 5) is 12.4. The highest BCUT2D eigenvalue weighted by atomic mass is 79.9. The molecule has 2 rings (SSSR count). The Morgan fingerprint density at radius 3 is 2.71 bits per heavy atom. The van der Waals surface area contributed by atoms with E-state index in [0.29, 0.717) is 0 Å². The summed E-state index contributed by atoms with van der Waals surface area (Å²) >= 11 is 3.41. The average molecular weight is 351 g/mol. The third-order valence-corrected chi connectivity index (χ3v) is 3.70. The molecular formula is C16H16BrFN2O. The number of hydrogen-bond donors (Lipinski definition) is 2. The van der Waals surface area contributed by atoms with Gasteiger partial charge in [0.15, 0.2) is 0 Å². The van der Waals surface area contributed by atoms with E-state index in [4.69, 9.17) is 0 Å². The number of para-hydroxylation sites is 1. The topological polar surface area (TPSA) is 41.1 Å². The molecule has 0 saturated carbocycles. The molecule has 0 aliphatic rings. The van der Waals surface area contributed by atoms with Crippen LogP contribution in [0.1, 0.15) is 22.8 Å². The minimum absolute atomic E-state index is 0.199. The number of anilines is 2. The highest BCUT2D eigenvalue weighted by Gasteiger charge is 2.15. The number of benzene rings is 2. The second-order valence-corrected chi connectivity index (χ2v) is 5.44. The predicted molar refractivity (Wildman–Crippen MR) is 87.4 cm³/mol. The van der Waals surface area contributed by atoms with E-state index in [1.807, 2.05) is 25.1 Å². The minimum Gasteiger partial charge on any atom is -0.385 e. The largest absolute Gasteiger partial charge is 0.385 e. The van der Waals surface area contributed by atoms with Crippen molar-refractivity contribution < 1.29 is 9.18 Å². The molecule has 0 unspecified atom stereocenters. The minimum atomic E-state index is -0.448. The molecule has 0 spiro atoms. The van der Waals surface area contributed by atoms with Gasteiger partial charge in [0.2, 0.25) is 0 Å². The SMILES string of the molecule is CCc1cc(Br)ccc1NC(=O)c1cccc(F)c1NC. The van der Waals surface area contributed by atoms with E-state index in [1.165, 1.54) is 12.1 Å². The molecule has 0 saturated heterocycles. The zero-order chi connectivity index (χ0) is 15.4. The number of carbonyl (C=O) groups is 1. The Morgan fingerprint density at radius 2 is 2.05 bits per heavy atom. The molecule has 2 aromatic rings. The Bertz CT molecular complexity index is 673. The number of hydrogen-bond acceptors (Lipinski definition) is 2. The Morgan fingerprint density at radius 1 is 1.29 bits per heavy atom. The van der Waals surface area contributed by atoms with Crippen LogP contribution in [0.4, 0.5) is 15.8 Å². The zero-order valence-electron chi connectivity index (χ0n) is 11.8. The van der Waals surface area contributed by atoms with Gasteiger partial charge in [-0.05, 0) is 42.3 Å². The first-order valence-corrected chi connectivity index (χ1v) is 7.42. The molecule has 5 heteroatoms. The molecule has 0 aliphatic carbocycles. The summed E-state index contributed by atoms with van der Waals surface area (Å²) < 4.78 is 14.7. The quantitative estimate of drug-likeness (QED) is 0.855. The van der Waals surface area contributed by atoms with Crippen molar-refractivity contribution in [1.29, 1.82) is 0 Å². The van der Waals surface area contributed by atoms with Gasteiger partial charge in [-0.15, -0.1) is 0 Å². The fourth-order valence-corrected chi connectivity index (χ4v) is 2.54. The van der Waals surface area contributed by atoms with Gasteiger partial charge in [-0.25, -0.2) is 4.39 Å². The smallest absolute Gasteiger partial charge is 0.257 e. The van der Waals surface area contributed by atoms with E-state index in [2.05, 4.69) is 26.6 Å². The molecule has 0 fully saturated rings. The van der Waals surface area contributed by atoms with Crippen molar-refractivity contribution in [2.75, 3.05) is 17.7 Å². The molecule has 2 N–H and O–H groups in total. The van der Waals surface area contributed by atoms with Crippen LogP contribution >= 0.6 is 15.9 Å². The second-order valence-electron chi connectivity index (χ2n) is 4.52. The highest BCUT2D eigenvalue weighted by Crippen LogP contribution is 2.24. The fraction of sp³-hybridized carbons (Fsp3) is 0.188. The van der Waals surface area contributed by atoms with E-state index in [-0.39, 0.29) is 17.2 Å². The van der Waals surface area contributed by atoms with Gasteiger partial charge in [-0.3, -0.25) is 4.79 Å². The summed E-state index contributed by atoms with van der Waals surface area (Å²) in [6.45, 7) is 2.01. The van der Waals surface area contributed by atoms with Crippen LogP contribution in [0.15, 0.2) is 40.9 Å². The molecule has 0 aromatic heterocycles. The summed E-state index contributed by atoms with van der Waals surface area (Å²) in [5, 5.41) is 5.57. The maximum absolute atomic E-state index is 13.7. The molecule has 3 nitrogen and oxygen atoms in total. The zero-order valence-corrected chi connectivity index (χ0v) is 13.4. The van der Waals surface area contributed by atoms with Crippen LogP contribution < -0.4 is 10.6 Å². The van der Waals surface area contributed by atoms with E-state index in [1.54, 1.807) is 13.1 Å². The molecule has 0 atom stereocenters. The molecular weight excluding hydrogens is 335 g/mol. The number of nitrogens with one attached hydrogen (secondary N) is 2. The lowest BCUT2D eigenvalue weighted by Gasteiger charge is -2.13. The van der Waals surface area contributed by atoms with E-state index >= 15 is 0 Å². The highest BCUT2D eigenvalue weighted by molar-refractivity contribution is 9.10. The maximum atomic E-state index is 13.7. The molecule has 1 amide bonds. The number of halogens is 2. The van der Waals surface area contributed by atoms with Gasteiger partial charge in [0, 0.05) is 17.2 Å². The summed E-state index contributed by atoms with van der Waals surface area (Å²) in [5.74, 6) is -0.785. The molecule has 0 heterocycles. The third-order valence-electron chi connectivity index (χ3n) is 3.20. The van der Waals surface area contributed by atoms with Crippen LogP contribution in [-0.2, 0) is 6.42 Å². The normalized spacial score (nSPS) is 10.3. The van der Waals surface area contributed by atoms with E-state index in [9.17, 15) is 9.18 Å². The summed E-state index contributed by atoms with van der Waals surface area (Å²) in [7, 11) is 1.59. The van der Waals surface area contributed by atoms with Crippen LogP contribution in [0.25, 0.3) is 0 Å². The van der Waals surface area contributed by atoms with Crippen LogP contribution in [0.3, 0.4) is 0 Å². The third kappa shape index (κ3) is 3.42. The van der Waals surface area contributed by atoms with Gasteiger partial charge in [0.05, 0.1) is 11.3 Å². The molecule has 110 valence electrons. The van der Waals surface area contributed by atoms with Gasteiger partial charge in [-0.2, -0.15) is 0 Å². The van der Waals surface area contributed by atoms with Crippen molar-refractivity contribution in [3.05, 3.63) is 57.8 Å². The Balaban J connectivity index is 2.33. The molecule has 0 bridgehead atoms. The summed E-state index contributed by atoms with van der Waals surface area (Å²) in [5.41, 5.74) is 2.23. The number of amides is 1. The van der Waals surface area contributed by atoms with Crippen molar-refractivity contribution in [3.63, 3.8) is 0 Å². The van der Waals surface area contributed by atoms with Crippen molar-refractivity contribution in [2.24, 2.45) is 0 Å². The van der Waals surface area contributed by atoms with E-state index in [0.717, 1.165) is 22.1 Å². The molecule has 2 aromatic carbocycles. The first-order valence-electron chi connectivity index (χ1n) is 6.62. The molecule has 0 aliphatic heterocycles. The predicted octanol–water partition coefficient (Wildman–Crippen LogP) is 4.44. The van der Waals surface area contributed by atoms with Crippen molar-refractivity contribution >= 4 is 33.2 Å². The van der Waals surface area contributed by atoms with Crippen LogP contribution in [0.2, 0.25) is 0 Å². The average Bonchev–Trinajstić information content (AvgIpc) is 2.48. The van der Waals surface area contributed by atoms with Crippen molar-refractivity contribution in [2.45, 2.75) is 13.3 Å². The second kappa shape index (κ2) is 6.72. The monoisotopic (exact) mass is 350 g/mol. The Labute approximate surface area is 131 Å². The van der Waals surface area contributed by atoms with E-state index < -0.39 is 5.82 Å². The Kier molecular flexibility index (Phi) is 4.96. The van der Waals surface area contributed by atoms with Crippen molar-refractivity contribution in [1.82, 2.24) is 0 Å². The number of carbonyl (C=O) groups excluding carboxylic acids is 1. The standard InChI is InChI=1S/C16H16BrFN2O/c1-3-10-9-11(17)7-8-14(10)20-16(21)12-5-4-6-13(18)15(12)19-2/h4-9,19H,3H2,1-2H3,(H,20,21). The van der Waals surface area contributed by atoms with Gasteiger partial charge in [0.25, 0.3) is 5.91 Å². The first kappa shape index (κ1) is 15.5. The van der Waals surface area contributed by atoms with Gasteiger partial charge < -0.3 is 10.6 Å². The maximum Gasteiger partial charge on any atom is 0.257 e. The first-order chi connectivity index (χ1) is 10.1. The van der Waals surface area contributed by atoms with Crippen LogP contribution in [0.5, 0.6) is 0 Å². The van der Waals surface area contributed by atoms with Crippen molar-refractivity contribution in [3.8, 4) is 0 Å². The van der Waals surface area contributed by atoms with Gasteiger partial charge in [0.1, 0.15) is 5.82 Å². The van der Waals surface area contributed by atoms with Gasteiger partial charge >= 0.3 is 0 Å². The Hall–Kier alpha value is -1.88. The summed E-state index contributed by atoms with van der Waals surface area (Å²) in [6, 6.07) is 10.1. The number of aryl methyl sites for hydroxylation is 1. The lowest BCUT2D eigenvalue weighted by Crippen LogP contribution is -2.15. The lowest BCUT2D eigenvalue weighted by molar-refractivity contribution is 0.102. The molecule has 21 heavy (non-hydrogen) atoms. The number of rotatable bonds is 4. The summed E-state index contributed by atoms with van der Waals surface area (Å²) in [6.07, 6.45) is 0.789. The van der Waals surface area contributed by atoms with Crippen LogP contribution in [0, 0.1) is 5.82 Å². The fourth-order valence-electron chi connectivity index (χ4n) is 2.13. The molecule has 0 radical (unpaired) electrons.